The number of nitrogens with zero attached hydrogens (tertiary/aromatic N) is 5. The van der Waals surface area contributed by atoms with Gasteiger partial charge in [0.05, 0.1) is 29.1 Å². The Balaban J connectivity index is 1.75. The monoisotopic (exact) mass is 446 g/mol. The molecule has 1 fully saturated rings. The van der Waals surface area contributed by atoms with Gasteiger partial charge in [-0.15, -0.1) is 0 Å². The fraction of sp³-hybridized carbons (Fsp3) is 0.556. The number of aryl methyl sites for hydroxylation is 2. The topological polar surface area (TPSA) is 85.0 Å². The molecule has 2 amide bonds. The number of amides is 2. The second kappa shape index (κ2) is 8.29. The quantitative estimate of drug-likeness (QED) is 0.706. The average molecular weight is 447 g/mol. The highest BCUT2D eigenvalue weighted by Crippen LogP contribution is 2.46. The molecule has 2 aromatic rings. The zero-order valence-corrected chi connectivity index (χ0v) is 17.5. The third kappa shape index (κ3) is 4.45. The molecule has 12 heteroatoms. The molecule has 30 heavy (non-hydrogen) atoms. The number of carbonyl (C=O) groups excluding carboxylic acids is 2. The van der Waals surface area contributed by atoms with Gasteiger partial charge in [-0.3, -0.25) is 19.0 Å². The van der Waals surface area contributed by atoms with Crippen molar-refractivity contribution in [3.63, 3.8) is 0 Å². The Kier molecular flexibility index (Phi) is 6.11. The minimum absolute atomic E-state index is 0.0632. The van der Waals surface area contributed by atoms with E-state index in [0.29, 0.717) is 12.2 Å². The summed E-state index contributed by atoms with van der Waals surface area (Å²) in [7, 11) is 3.17. The van der Waals surface area contributed by atoms with Crippen molar-refractivity contribution in [2.75, 3.05) is 19.4 Å². The number of hydrogen-bond acceptors (Lipinski definition) is 4. The number of carbonyl (C=O) groups is 2. The Hall–Kier alpha value is -2.56. The van der Waals surface area contributed by atoms with Crippen LogP contribution in [-0.2, 0) is 24.1 Å². The Morgan fingerprint density at radius 2 is 1.97 bits per heavy atom. The van der Waals surface area contributed by atoms with Gasteiger partial charge in [-0.25, -0.2) is 0 Å². The summed E-state index contributed by atoms with van der Waals surface area (Å²) < 4.78 is 42.1. The number of anilines is 1. The highest BCUT2D eigenvalue weighted by molar-refractivity contribution is 6.32. The van der Waals surface area contributed by atoms with Gasteiger partial charge in [-0.05, 0) is 19.8 Å². The van der Waals surface area contributed by atoms with E-state index < -0.39 is 22.8 Å². The predicted octanol–water partition coefficient (Wildman–Crippen LogP) is 3.38. The van der Waals surface area contributed by atoms with E-state index in [1.165, 1.54) is 20.5 Å². The average Bonchev–Trinajstić information content (AvgIpc) is 3.32. The second-order valence-corrected chi connectivity index (χ2v) is 7.64. The molecule has 3 rings (SSSR count). The van der Waals surface area contributed by atoms with E-state index in [-0.39, 0.29) is 36.2 Å². The highest BCUT2D eigenvalue weighted by atomic mass is 35.5. The van der Waals surface area contributed by atoms with Crippen molar-refractivity contribution in [3.8, 4) is 0 Å². The van der Waals surface area contributed by atoms with Crippen molar-refractivity contribution in [1.29, 1.82) is 0 Å². The Morgan fingerprint density at radius 1 is 1.30 bits per heavy atom. The fourth-order valence-corrected chi connectivity index (χ4v) is 3.52. The van der Waals surface area contributed by atoms with Crippen molar-refractivity contribution in [2.24, 2.45) is 0 Å². The Labute approximate surface area is 176 Å². The summed E-state index contributed by atoms with van der Waals surface area (Å²) in [6.07, 6.45) is -1.95. The molecule has 0 aromatic carbocycles. The molecule has 1 aliphatic rings. The highest BCUT2D eigenvalue weighted by Gasteiger charge is 2.42. The molecule has 1 saturated carbocycles. The van der Waals surface area contributed by atoms with Gasteiger partial charge in [0.1, 0.15) is 5.69 Å². The minimum atomic E-state index is -4.66. The standard InChI is InChI=1S/C18H22ClF3N6O2/c1-4-27-15(17(30)26(2)3)11(9-23-27)24-12(29)7-8-28-14(10-5-6-10)13(19)16(25-28)18(20,21)22/h9-10H,4-8H2,1-3H3,(H,24,29). The molecule has 0 bridgehead atoms. The van der Waals surface area contributed by atoms with Gasteiger partial charge in [0, 0.05) is 33.0 Å². The minimum Gasteiger partial charge on any atom is -0.343 e. The molecule has 164 valence electrons. The molecule has 1 N–H and O–H groups in total. The first kappa shape index (κ1) is 22.1. The van der Waals surface area contributed by atoms with Crippen LogP contribution in [0.4, 0.5) is 18.9 Å². The first-order valence-electron chi connectivity index (χ1n) is 9.45. The van der Waals surface area contributed by atoms with E-state index in [2.05, 4.69) is 15.5 Å². The summed E-state index contributed by atoms with van der Waals surface area (Å²) in [6.45, 7) is 2.18. The van der Waals surface area contributed by atoms with Gasteiger partial charge in [0.25, 0.3) is 5.91 Å². The van der Waals surface area contributed by atoms with E-state index in [1.54, 1.807) is 14.1 Å². The van der Waals surface area contributed by atoms with Crippen LogP contribution >= 0.6 is 11.6 Å². The maximum Gasteiger partial charge on any atom is 0.436 e. The number of nitrogens with one attached hydrogen (secondary N) is 1. The van der Waals surface area contributed by atoms with Gasteiger partial charge in [0.2, 0.25) is 5.91 Å². The van der Waals surface area contributed by atoms with Crippen LogP contribution < -0.4 is 5.32 Å². The Bertz CT molecular complexity index is 962. The van der Waals surface area contributed by atoms with Crippen molar-refractivity contribution >= 4 is 29.1 Å². The van der Waals surface area contributed by atoms with Crippen LogP contribution in [0.2, 0.25) is 5.02 Å². The van der Waals surface area contributed by atoms with Crippen molar-refractivity contribution in [1.82, 2.24) is 24.5 Å². The molecule has 0 saturated heterocycles. The van der Waals surface area contributed by atoms with Crippen molar-refractivity contribution in [2.45, 2.75) is 51.4 Å². The number of rotatable bonds is 7. The van der Waals surface area contributed by atoms with Gasteiger partial charge in [-0.2, -0.15) is 23.4 Å². The van der Waals surface area contributed by atoms with Crippen LogP contribution in [0.1, 0.15) is 54.0 Å². The smallest absolute Gasteiger partial charge is 0.343 e. The summed E-state index contributed by atoms with van der Waals surface area (Å²) in [5.74, 6) is -0.869. The summed E-state index contributed by atoms with van der Waals surface area (Å²) in [5.41, 5.74) is -0.331. The van der Waals surface area contributed by atoms with Crippen molar-refractivity contribution in [3.05, 3.63) is 28.3 Å². The zero-order chi connectivity index (χ0) is 22.2. The molecule has 0 radical (unpaired) electrons. The Morgan fingerprint density at radius 3 is 2.50 bits per heavy atom. The SMILES string of the molecule is CCn1ncc(NC(=O)CCn2nc(C(F)(F)F)c(Cl)c2C2CC2)c1C(=O)N(C)C. The number of aromatic nitrogens is 4. The van der Waals surface area contributed by atoms with Crippen LogP contribution in [0, 0.1) is 0 Å². The maximum absolute atomic E-state index is 13.1. The predicted molar refractivity (Wildman–Crippen MR) is 103 cm³/mol. The van der Waals surface area contributed by atoms with E-state index in [1.807, 2.05) is 6.92 Å². The van der Waals surface area contributed by atoms with E-state index in [0.717, 1.165) is 12.8 Å². The zero-order valence-electron chi connectivity index (χ0n) is 16.8. The summed E-state index contributed by atoms with van der Waals surface area (Å²) in [5, 5.41) is 9.93. The number of halogens is 4. The molecular weight excluding hydrogens is 425 g/mol. The molecule has 2 aromatic heterocycles. The van der Waals surface area contributed by atoms with E-state index in [4.69, 9.17) is 11.6 Å². The molecule has 0 spiro atoms. The summed E-state index contributed by atoms with van der Waals surface area (Å²) in [4.78, 5) is 26.2. The van der Waals surface area contributed by atoms with Crippen LogP contribution in [-0.4, -0.2) is 50.4 Å². The lowest BCUT2D eigenvalue weighted by Crippen LogP contribution is -2.26. The molecule has 0 unspecified atom stereocenters. The molecule has 1 aliphatic carbocycles. The number of hydrogen-bond donors (Lipinski definition) is 1. The lowest BCUT2D eigenvalue weighted by atomic mass is 10.2. The summed E-state index contributed by atoms with van der Waals surface area (Å²) >= 11 is 5.94. The molecule has 0 atom stereocenters. The fourth-order valence-electron chi connectivity index (χ4n) is 3.13. The van der Waals surface area contributed by atoms with Crippen molar-refractivity contribution < 1.29 is 22.8 Å². The largest absolute Gasteiger partial charge is 0.436 e. The molecule has 8 nitrogen and oxygen atoms in total. The third-order valence-electron chi connectivity index (χ3n) is 4.74. The number of alkyl halides is 3. The maximum atomic E-state index is 13.1. The van der Waals surface area contributed by atoms with Crippen LogP contribution in [0.5, 0.6) is 0 Å². The van der Waals surface area contributed by atoms with E-state index in [9.17, 15) is 22.8 Å². The lowest BCUT2D eigenvalue weighted by Gasteiger charge is -2.13. The van der Waals surface area contributed by atoms with Crippen LogP contribution in [0.3, 0.4) is 0 Å². The molecule has 0 aliphatic heterocycles. The first-order valence-corrected chi connectivity index (χ1v) is 9.83. The molecular formula is C18H22ClF3N6O2. The third-order valence-corrected chi connectivity index (χ3v) is 5.11. The van der Waals surface area contributed by atoms with Crippen LogP contribution in [0.15, 0.2) is 6.20 Å². The van der Waals surface area contributed by atoms with Gasteiger partial charge in [0.15, 0.2) is 5.69 Å². The van der Waals surface area contributed by atoms with Crippen LogP contribution in [0.25, 0.3) is 0 Å². The normalized spacial score (nSPS) is 14.1. The van der Waals surface area contributed by atoms with Gasteiger partial charge < -0.3 is 10.2 Å². The summed E-state index contributed by atoms with van der Waals surface area (Å²) in [6, 6.07) is 0. The first-order chi connectivity index (χ1) is 14.0. The van der Waals surface area contributed by atoms with E-state index >= 15 is 0 Å². The second-order valence-electron chi connectivity index (χ2n) is 7.26. The lowest BCUT2D eigenvalue weighted by molar-refractivity contribution is -0.141. The van der Waals surface area contributed by atoms with Gasteiger partial charge >= 0.3 is 6.18 Å². The molecule has 2 heterocycles. The van der Waals surface area contributed by atoms with Gasteiger partial charge in [-0.1, -0.05) is 11.6 Å².